The van der Waals surface area contributed by atoms with Crippen LogP contribution in [-0.4, -0.2) is 74.2 Å². The van der Waals surface area contributed by atoms with E-state index in [4.69, 9.17) is 21.7 Å². The first-order chi connectivity index (χ1) is 10.4. The third-order valence-electron chi connectivity index (χ3n) is 2.90. The average Bonchev–Trinajstić information content (AvgIpc) is 2.43. The Labute approximate surface area is 138 Å². The van der Waals surface area contributed by atoms with E-state index in [9.17, 15) is 4.79 Å². The van der Waals surface area contributed by atoms with Gasteiger partial charge in [-0.3, -0.25) is 4.90 Å². The summed E-state index contributed by atoms with van der Waals surface area (Å²) >= 11 is 5.18. The molecule has 0 atom stereocenters. The highest BCUT2D eigenvalue weighted by Crippen LogP contribution is 2.05. The van der Waals surface area contributed by atoms with Gasteiger partial charge in [0.2, 0.25) is 0 Å². The van der Waals surface area contributed by atoms with Crippen molar-refractivity contribution in [1.29, 1.82) is 0 Å². The van der Waals surface area contributed by atoms with Gasteiger partial charge >= 0.3 is 6.09 Å². The molecule has 128 valence electrons. The third-order valence-corrected chi connectivity index (χ3v) is 3.18. The molecule has 0 radical (unpaired) electrons. The smallest absolute Gasteiger partial charge is 0.407 e. The molecule has 1 aliphatic rings. The van der Waals surface area contributed by atoms with Gasteiger partial charge in [0, 0.05) is 39.3 Å². The summed E-state index contributed by atoms with van der Waals surface area (Å²) in [6.45, 7) is 11.8. The molecule has 0 unspecified atom stereocenters. The van der Waals surface area contributed by atoms with Gasteiger partial charge in [-0.25, -0.2) is 4.79 Å². The second-order valence-electron chi connectivity index (χ2n) is 6.07. The molecule has 0 aliphatic carbocycles. The molecule has 0 spiro atoms. The van der Waals surface area contributed by atoms with E-state index in [-0.39, 0.29) is 0 Å². The van der Waals surface area contributed by atoms with E-state index in [2.05, 4.69) is 20.9 Å². The average molecular weight is 332 g/mol. The van der Waals surface area contributed by atoms with E-state index in [0.29, 0.717) is 18.2 Å². The van der Waals surface area contributed by atoms with Gasteiger partial charge in [0.15, 0.2) is 5.11 Å². The number of carbonyl (C=O) groups excluding carboxylic acids is 1. The van der Waals surface area contributed by atoms with Gasteiger partial charge in [0.25, 0.3) is 0 Å². The number of alkyl carbamates (subject to hydrolysis) is 1. The number of nitrogens with zero attached hydrogens (tertiary/aromatic N) is 1. The van der Waals surface area contributed by atoms with Gasteiger partial charge < -0.3 is 25.4 Å². The maximum absolute atomic E-state index is 11.4. The van der Waals surface area contributed by atoms with Crippen molar-refractivity contribution in [3.05, 3.63) is 0 Å². The monoisotopic (exact) mass is 332 g/mol. The Balaban J connectivity index is 1.98. The molecule has 1 saturated heterocycles. The van der Waals surface area contributed by atoms with Gasteiger partial charge in [0.05, 0.1) is 13.2 Å². The molecule has 1 rings (SSSR count). The Morgan fingerprint density at radius 1 is 1.14 bits per heavy atom. The molecule has 22 heavy (non-hydrogen) atoms. The molecule has 0 aromatic rings. The van der Waals surface area contributed by atoms with Crippen LogP contribution in [0.5, 0.6) is 0 Å². The summed E-state index contributed by atoms with van der Waals surface area (Å²) in [5.74, 6) is 0. The fraction of sp³-hybridized carbons (Fsp3) is 0.857. The van der Waals surface area contributed by atoms with Crippen molar-refractivity contribution < 1.29 is 14.3 Å². The summed E-state index contributed by atoms with van der Waals surface area (Å²) in [5.41, 5.74) is -0.478. The quantitative estimate of drug-likeness (QED) is 0.477. The first kappa shape index (κ1) is 18.9. The Hall–Kier alpha value is -1.12. The lowest BCUT2D eigenvalue weighted by atomic mass is 10.2. The molecule has 7 nitrogen and oxygen atoms in total. The highest BCUT2D eigenvalue weighted by atomic mass is 32.1. The Kier molecular flexibility index (Phi) is 8.44. The van der Waals surface area contributed by atoms with Crippen LogP contribution in [0.2, 0.25) is 0 Å². The van der Waals surface area contributed by atoms with Crippen molar-refractivity contribution in [3.63, 3.8) is 0 Å². The summed E-state index contributed by atoms with van der Waals surface area (Å²) in [6.07, 6.45) is -0.416. The van der Waals surface area contributed by atoms with Crippen LogP contribution >= 0.6 is 12.2 Å². The molecular formula is C14H28N4O3S. The molecular weight excluding hydrogens is 304 g/mol. The maximum Gasteiger partial charge on any atom is 0.407 e. The van der Waals surface area contributed by atoms with E-state index in [1.54, 1.807) is 0 Å². The Morgan fingerprint density at radius 2 is 1.73 bits per heavy atom. The topological polar surface area (TPSA) is 74.9 Å². The van der Waals surface area contributed by atoms with Crippen molar-refractivity contribution in [2.75, 3.05) is 52.5 Å². The van der Waals surface area contributed by atoms with Gasteiger partial charge in [-0.05, 0) is 33.0 Å². The van der Waals surface area contributed by atoms with Gasteiger partial charge in [-0.2, -0.15) is 0 Å². The van der Waals surface area contributed by atoms with Crippen LogP contribution in [0, 0.1) is 0 Å². The summed E-state index contributed by atoms with van der Waals surface area (Å²) in [7, 11) is 0. The maximum atomic E-state index is 11.4. The van der Waals surface area contributed by atoms with Crippen molar-refractivity contribution in [2.24, 2.45) is 0 Å². The fourth-order valence-corrected chi connectivity index (χ4v) is 2.07. The summed E-state index contributed by atoms with van der Waals surface area (Å²) in [6, 6.07) is 0. The number of ether oxygens (including phenoxy) is 2. The van der Waals surface area contributed by atoms with Crippen LogP contribution in [0.25, 0.3) is 0 Å². The van der Waals surface area contributed by atoms with Gasteiger partial charge in [-0.1, -0.05) is 0 Å². The minimum absolute atomic E-state index is 0.416. The van der Waals surface area contributed by atoms with Crippen molar-refractivity contribution in [1.82, 2.24) is 20.9 Å². The van der Waals surface area contributed by atoms with Crippen LogP contribution < -0.4 is 16.0 Å². The molecule has 0 aromatic heterocycles. The number of thiocarbonyl (C=S) groups is 1. The lowest BCUT2D eigenvalue weighted by Crippen LogP contribution is -2.45. The molecule has 0 aromatic carbocycles. The van der Waals surface area contributed by atoms with Crippen LogP contribution in [-0.2, 0) is 9.47 Å². The van der Waals surface area contributed by atoms with Crippen molar-refractivity contribution in [2.45, 2.75) is 26.4 Å². The van der Waals surface area contributed by atoms with E-state index >= 15 is 0 Å². The first-order valence-corrected chi connectivity index (χ1v) is 8.06. The van der Waals surface area contributed by atoms with Gasteiger partial charge in [-0.15, -0.1) is 0 Å². The second-order valence-corrected chi connectivity index (χ2v) is 6.47. The largest absolute Gasteiger partial charge is 0.444 e. The van der Waals surface area contributed by atoms with E-state index in [1.807, 2.05) is 20.8 Å². The van der Waals surface area contributed by atoms with E-state index in [1.165, 1.54) is 0 Å². The Morgan fingerprint density at radius 3 is 2.36 bits per heavy atom. The molecule has 1 aliphatic heterocycles. The highest BCUT2D eigenvalue weighted by molar-refractivity contribution is 7.80. The van der Waals surface area contributed by atoms with E-state index in [0.717, 1.165) is 39.4 Å². The summed E-state index contributed by atoms with van der Waals surface area (Å²) < 4.78 is 10.4. The van der Waals surface area contributed by atoms with E-state index < -0.39 is 11.7 Å². The zero-order valence-corrected chi connectivity index (χ0v) is 14.6. The zero-order chi connectivity index (χ0) is 16.4. The third kappa shape index (κ3) is 9.75. The normalized spacial score (nSPS) is 16.0. The number of nitrogens with one attached hydrogen (secondary N) is 3. The predicted molar refractivity (Wildman–Crippen MR) is 90.1 cm³/mol. The molecule has 0 bridgehead atoms. The summed E-state index contributed by atoms with van der Waals surface area (Å²) in [4.78, 5) is 13.8. The first-order valence-electron chi connectivity index (χ1n) is 7.65. The zero-order valence-electron chi connectivity index (χ0n) is 13.7. The number of amides is 1. The molecule has 1 amide bonds. The number of hydrogen-bond donors (Lipinski definition) is 3. The number of morpholine rings is 1. The number of hydrogen-bond acceptors (Lipinski definition) is 5. The highest BCUT2D eigenvalue weighted by Gasteiger charge is 2.15. The standard InChI is InChI=1S/C14H28N4O3S/c1-14(2,3)21-13(19)17-5-4-15-12(22)16-6-7-18-8-10-20-11-9-18/h4-11H2,1-3H3,(H,17,19)(H2,15,16,22). The Bertz CT molecular complexity index is 354. The minimum atomic E-state index is -0.478. The van der Waals surface area contributed by atoms with Crippen molar-refractivity contribution >= 4 is 23.4 Å². The minimum Gasteiger partial charge on any atom is -0.444 e. The number of rotatable bonds is 6. The number of carbonyl (C=O) groups is 1. The van der Waals surface area contributed by atoms with Gasteiger partial charge in [0.1, 0.15) is 5.60 Å². The predicted octanol–water partition coefficient (Wildman–Crippen LogP) is 0.307. The molecule has 8 heteroatoms. The molecule has 3 N–H and O–H groups in total. The van der Waals surface area contributed by atoms with Crippen molar-refractivity contribution in [3.8, 4) is 0 Å². The van der Waals surface area contributed by atoms with Crippen LogP contribution in [0.15, 0.2) is 0 Å². The SMILES string of the molecule is CC(C)(C)OC(=O)NCCNC(=S)NCCN1CCOCC1. The molecule has 1 fully saturated rings. The van der Waals surface area contributed by atoms with Crippen LogP contribution in [0.1, 0.15) is 20.8 Å². The summed E-state index contributed by atoms with van der Waals surface area (Å²) in [5, 5.41) is 9.46. The fourth-order valence-electron chi connectivity index (χ4n) is 1.87. The van der Waals surface area contributed by atoms with Crippen LogP contribution in [0.3, 0.4) is 0 Å². The lowest BCUT2D eigenvalue weighted by molar-refractivity contribution is 0.0389. The molecule has 0 saturated carbocycles. The second kappa shape index (κ2) is 9.81. The lowest BCUT2D eigenvalue weighted by Gasteiger charge is -2.26. The molecule has 1 heterocycles. The van der Waals surface area contributed by atoms with Crippen LogP contribution in [0.4, 0.5) is 4.79 Å².